The lowest BCUT2D eigenvalue weighted by atomic mass is 10.2. The van der Waals surface area contributed by atoms with Crippen molar-refractivity contribution in [2.45, 2.75) is 13.8 Å². The van der Waals surface area contributed by atoms with Crippen LogP contribution in [0.25, 0.3) is 11.0 Å². The molecule has 0 fully saturated rings. The Morgan fingerprint density at radius 3 is 2.77 bits per heavy atom. The minimum absolute atomic E-state index is 0.282. The van der Waals surface area contributed by atoms with E-state index in [0.717, 1.165) is 10.9 Å². The van der Waals surface area contributed by atoms with E-state index in [1.165, 1.54) is 0 Å². The van der Waals surface area contributed by atoms with Gasteiger partial charge in [-0.25, -0.2) is 0 Å². The van der Waals surface area contributed by atoms with Crippen molar-refractivity contribution in [1.29, 1.82) is 0 Å². The molecule has 3 rings (SSSR count). The maximum atomic E-state index is 12.4. The molecule has 1 N–H and O–H groups in total. The lowest BCUT2D eigenvalue weighted by molar-refractivity contribution is 0.0998. The zero-order valence-corrected chi connectivity index (χ0v) is 12.6. The molecule has 4 heteroatoms. The molecule has 1 amide bonds. The number of fused-ring (bicyclic) bond motifs is 1. The van der Waals surface area contributed by atoms with Crippen LogP contribution < -0.4 is 10.1 Å². The highest BCUT2D eigenvalue weighted by Crippen LogP contribution is 2.27. The van der Waals surface area contributed by atoms with Crippen molar-refractivity contribution >= 4 is 22.6 Å². The zero-order chi connectivity index (χ0) is 15.5. The molecule has 1 heterocycles. The van der Waals surface area contributed by atoms with Crippen LogP contribution in [0.3, 0.4) is 0 Å². The summed E-state index contributed by atoms with van der Waals surface area (Å²) in [6.07, 6.45) is 0. The first-order chi connectivity index (χ1) is 10.7. The fourth-order valence-electron chi connectivity index (χ4n) is 2.29. The summed E-state index contributed by atoms with van der Waals surface area (Å²) in [4.78, 5) is 12.4. The summed E-state index contributed by atoms with van der Waals surface area (Å²) >= 11 is 0. The van der Waals surface area contributed by atoms with E-state index in [0.29, 0.717) is 23.6 Å². The second-order valence-corrected chi connectivity index (χ2v) is 5.04. The first kappa shape index (κ1) is 14.2. The van der Waals surface area contributed by atoms with E-state index in [4.69, 9.17) is 9.15 Å². The van der Waals surface area contributed by atoms with Crippen molar-refractivity contribution in [2.24, 2.45) is 0 Å². The summed E-state index contributed by atoms with van der Waals surface area (Å²) in [6.45, 7) is 4.43. The number of benzene rings is 2. The predicted molar refractivity (Wildman–Crippen MR) is 86.5 cm³/mol. The number of furan rings is 1. The number of carbonyl (C=O) groups excluding carboxylic acids is 1. The standard InChI is InChI=1S/C18H17NO3/c1-3-21-16-10-12(2)8-9-14(16)19-18(20)17-11-13-6-4-5-7-15(13)22-17/h4-11H,3H2,1-2H3,(H,19,20). The van der Waals surface area contributed by atoms with Crippen molar-refractivity contribution in [3.8, 4) is 5.75 Å². The van der Waals surface area contributed by atoms with Gasteiger partial charge in [0.15, 0.2) is 5.76 Å². The average Bonchev–Trinajstić information content (AvgIpc) is 2.94. The summed E-state index contributed by atoms with van der Waals surface area (Å²) in [7, 11) is 0. The van der Waals surface area contributed by atoms with E-state index in [2.05, 4.69) is 5.32 Å². The molecule has 0 radical (unpaired) electrons. The van der Waals surface area contributed by atoms with Gasteiger partial charge < -0.3 is 14.5 Å². The van der Waals surface area contributed by atoms with Crippen molar-refractivity contribution in [3.05, 3.63) is 59.9 Å². The van der Waals surface area contributed by atoms with E-state index in [9.17, 15) is 4.79 Å². The van der Waals surface area contributed by atoms with Gasteiger partial charge in [0.25, 0.3) is 5.91 Å². The topological polar surface area (TPSA) is 51.5 Å². The third-order valence-electron chi connectivity index (χ3n) is 3.33. The molecule has 1 aromatic heterocycles. The van der Waals surface area contributed by atoms with Gasteiger partial charge >= 0.3 is 0 Å². The molecular formula is C18H17NO3. The Morgan fingerprint density at radius 2 is 2.00 bits per heavy atom. The zero-order valence-electron chi connectivity index (χ0n) is 12.6. The van der Waals surface area contributed by atoms with Gasteiger partial charge in [-0.05, 0) is 43.7 Å². The Morgan fingerprint density at radius 1 is 1.18 bits per heavy atom. The minimum atomic E-state index is -0.291. The molecule has 2 aromatic carbocycles. The first-order valence-corrected chi connectivity index (χ1v) is 7.21. The Kier molecular flexibility index (Phi) is 3.83. The van der Waals surface area contributed by atoms with Gasteiger partial charge in [-0.1, -0.05) is 24.3 Å². The second kappa shape index (κ2) is 5.93. The lowest BCUT2D eigenvalue weighted by Gasteiger charge is -2.11. The summed E-state index contributed by atoms with van der Waals surface area (Å²) in [6, 6.07) is 14.9. The third-order valence-corrected chi connectivity index (χ3v) is 3.33. The van der Waals surface area contributed by atoms with Crippen LogP contribution in [0.2, 0.25) is 0 Å². The molecule has 0 bridgehead atoms. The number of aryl methyl sites for hydroxylation is 1. The normalized spacial score (nSPS) is 10.6. The molecule has 4 nitrogen and oxygen atoms in total. The number of hydrogen-bond donors (Lipinski definition) is 1. The minimum Gasteiger partial charge on any atom is -0.492 e. The Balaban J connectivity index is 1.87. The van der Waals surface area contributed by atoms with Gasteiger partial charge in [0.05, 0.1) is 12.3 Å². The first-order valence-electron chi connectivity index (χ1n) is 7.21. The monoisotopic (exact) mass is 295 g/mol. The second-order valence-electron chi connectivity index (χ2n) is 5.04. The van der Waals surface area contributed by atoms with Crippen LogP contribution in [0.4, 0.5) is 5.69 Å². The van der Waals surface area contributed by atoms with E-state index < -0.39 is 0 Å². The molecule has 22 heavy (non-hydrogen) atoms. The number of rotatable bonds is 4. The van der Waals surface area contributed by atoms with Crippen LogP contribution in [-0.2, 0) is 0 Å². The number of carbonyl (C=O) groups is 1. The van der Waals surface area contributed by atoms with Crippen molar-refractivity contribution in [2.75, 3.05) is 11.9 Å². The Labute approximate surface area is 128 Å². The number of amides is 1. The Bertz CT molecular complexity index is 787. The number of ether oxygens (including phenoxy) is 1. The van der Waals surface area contributed by atoms with Gasteiger partial charge in [0.2, 0.25) is 0 Å². The van der Waals surface area contributed by atoms with Crippen LogP contribution in [0.1, 0.15) is 23.0 Å². The molecule has 0 saturated heterocycles. The molecule has 0 unspecified atom stereocenters. The van der Waals surface area contributed by atoms with E-state index in [-0.39, 0.29) is 11.7 Å². The van der Waals surface area contributed by atoms with Crippen LogP contribution in [0, 0.1) is 6.92 Å². The van der Waals surface area contributed by atoms with Crippen LogP contribution in [-0.4, -0.2) is 12.5 Å². The van der Waals surface area contributed by atoms with E-state index in [1.54, 1.807) is 6.07 Å². The molecular weight excluding hydrogens is 278 g/mol. The van der Waals surface area contributed by atoms with Crippen molar-refractivity contribution in [3.63, 3.8) is 0 Å². The highest BCUT2D eigenvalue weighted by Gasteiger charge is 2.14. The maximum absolute atomic E-state index is 12.4. The molecule has 0 spiro atoms. The van der Waals surface area contributed by atoms with Crippen LogP contribution in [0.15, 0.2) is 52.9 Å². The maximum Gasteiger partial charge on any atom is 0.291 e. The predicted octanol–water partition coefficient (Wildman–Crippen LogP) is 4.39. The number of para-hydroxylation sites is 1. The molecule has 0 aliphatic heterocycles. The molecule has 112 valence electrons. The fourth-order valence-corrected chi connectivity index (χ4v) is 2.29. The van der Waals surface area contributed by atoms with Gasteiger partial charge in [-0.3, -0.25) is 4.79 Å². The van der Waals surface area contributed by atoms with Gasteiger partial charge in [-0.2, -0.15) is 0 Å². The van der Waals surface area contributed by atoms with E-state index >= 15 is 0 Å². The summed E-state index contributed by atoms with van der Waals surface area (Å²) in [5.41, 5.74) is 2.41. The Hall–Kier alpha value is -2.75. The molecule has 0 aliphatic rings. The van der Waals surface area contributed by atoms with Crippen LogP contribution in [0.5, 0.6) is 5.75 Å². The van der Waals surface area contributed by atoms with Crippen molar-refractivity contribution < 1.29 is 13.9 Å². The van der Waals surface area contributed by atoms with Gasteiger partial charge in [-0.15, -0.1) is 0 Å². The van der Waals surface area contributed by atoms with Gasteiger partial charge in [0, 0.05) is 5.39 Å². The van der Waals surface area contributed by atoms with Crippen LogP contribution >= 0.6 is 0 Å². The molecule has 0 atom stereocenters. The number of hydrogen-bond acceptors (Lipinski definition) is 3. The quantitative estimate of drug-likeness (QED) is 0.776. The van der Waals surface area contributed by atoms with Gasteiger partial charge in [0.1, 0.15) is 11.3 Å². The highest BCUT2D eigenvalue weighted by atomic mass is 16.5. The highest BCUT2D eigenvalue weighted by molar-refractivity contribution is 6.05. The summed E-state index contributed by atoms with van der Waals surface area (Å²) < 4.78 is 11.1. The van der Waals surface area contributed by atoms with E-state index in [1.807, 2.05) is 56.3 Å². The molecule has 0 aliphatic carbocycles. The molecule has 0 saturated carbocycles. The lowest BCUT2D eigenvalue weighted by Crippen LogP contribution is -2.12. The summed E-state index contributed by atoms with van der Waals surface area (Å²) in [5, 5.41) is 3.75. The largest absolute Gasteiger partial charge is 0.492 e. The number of nitrogens with one attached hydrogen (secondary N) is 1. The number of anilines is 1. The smallest absolute Gasteiger partial charge is 0.291 e. The average molecular weight is 295 g/mol. The SMILES string of the molecule is CCOc1cc(C)ccc1NC(=O)c1cc2ccccc2o1. The molecule has 3 aromatic rings. The fraction of sp³-hybridized carbons (Fsp3) is 0.167. The summed E-state index contributed by atoms with van der Waals surface area (Å²) in [5.74, 6) is 0.650. The van der Waals surface area contributed by atoms with Crippen molar-refractivity contribution in [1.82, 2.24) is 0 Å². The third kappa shape index (κ3) is 2.81.